The molecule has 0 heterocycles. The van der Waals surface area contributed by atoms with E-state index in [-0.39, 0.29) is 17.4 Å². The van der Waals surface area contributed by atoms with Gasteiger partial charge < -0.3 is 10.6 Å². The molecule has 1 unspecified atom stereocenters. The van der Waals surface area contributed by atoms with Crippen LogP contribution in [0.3, 0.4) is 0 Å². The van der Waals surface area contributed by atoms with Crippen molar-refractivity contribution >= 4 is 0 Å². The summed E-state index contributed by atoms with van der Waals surface area (Å²) in [5.74, 6) is -0.204. The number of nitrogens with zero attached hydrogens (tertiary/aromatic N) is 1. The molecule has 0 spiro atoms. The lowest BCUT2D eigenvalue weighted by Gasteiger charge is -2.39. The maximum absolute atomic E-state index is 14.1. The molecule has 2 N–H and O–H groups in total. The fourth-order valence-electron chi connectivity index (χ4n) is 1.95. The van der Waals surface area contributed by atoms with Crippen molar-refractivity contribution in [1.82, 2.24) is 4.90 Å². The third-order valence-corrected chi connectivity index (χ3v) is 3.71. The standard InChI is InChI=1S/C14H23FN2/c1-9-7-10(2)12(11(15)8-9)13(16)14(3,4)17(5)6/h7-8,13H,16H2,1-6H3. The maximum atomic E-state index is 14.1. The van der Waals surface area contributed by atoms with E-state index in [4.69, 9.17) is 5.73 Å². The minimum absolute atomic E-state index is 0.204. The van der Waals surface area contributed by atoms with Crippen LogP contribution in [0.1, 0.15) is 36.6 Å². The zero-order valence-electron chi connectivity index (χ0n) is 11.6. The van der Waals surface area contributed by atoms with E-state index in [0.717, 1.165) is 11.1 Å². The predicted molar refractivity (Wildman–Crippen MR) is 70.6 cm³/mol. The average molecular weight is 238 g/mol. The van der Waals surface area contributed by atoms with Gasteiger partial charge in [0.2, 0.25) is 0 Å². The van der Waals surface area contributed by atoms with Gasteiger partial charge in [-0.15, -0.1) is 0 Å². The van der Waals surface area contributed by atoms with Gasteiger partial charge >= 0.3 is 0 Å². The first-order valence-corrected chi connectivity index (χ1v) is 5.87. The van der Waals surface area contributed by atoms with Crippen LogP contribution in [0.15, 0.2) is 12.1 Å². The number of aryl methyl sites for hydroxylation is 2. The fraction of sp³-hybridized carbons (Fsp3) is 0.571. The molecule has 0 aliphatic carbocycles. The molecule has 0 amide bonds. The fourth-order valence-corrected chi connectivity index (χ4v) is 1.95. The van der Waals surface area contributed by atoms with Crippen LogP contribution in [0.25, 0.3) is 0 Å². The molecule has 0 fully saturated rings. The summed E-state index contributed by atoms with van der Waals surface area (Å²) in [4.78, 5) is 2.02. The molecule has 1 atom stereocenters. The van der Waals surface area contributed by atoms with Crippen LogP contribution < -0.4 is 5.73 Å². The smallest absolute Gasteiger partial charge is 0.128 e. The highest BCUT2D eigenvalue weighted by Crippen LogP contribution is 2.31. The molecule has 1 aromatic rings. The number of rotatable bonds is 3. The highest BCUT2D eigenvalue weighted by Gasteiger charge is 2.32. The Hall–Kier alpha value is -0.930. The van der Waals surface area contributed by atoms with Crippen LogP contribution in [0.5, 0.6) is 0 Å². The molecule has 2 nitrogen and oxygen atoms in total. The van der Waals surface area contributed by atoms with Crippen LogP contribution in [0.2, 0.25) is 0 Å². The number of halogens is 1. The Morgan fingerprint density at radius 1 is 1.24 bits per heavy atom. The highest BCUT2D eigenvalue weighted by molar-refractivity contribution is 5.35. The topological polar surface area (TPSA) is 29.3 Å². The van der Waals surface area contributed by atoms with Crippen molar-refractivity contribution in [2.75, 3.05) is 14.1 Å². The van der Waals surface area contributed by atoms with E-state index in [2.05, 4.69) is 0 Å². The first kappa shape index (κ1) is 14.1. The van der Waals surface area contributed by atoms with Crippen molar-refractivity contribution in [2.24, 2.45) is 5.73 Å². The molecule has 0 radical (unpaired) electrons. The van der Waals surface area contributed by atoms with E-state index >= 15 is 0 Å². The normalized spacial score (nSPS) is 14.2. The average Bonchev–Trinajstić information content (AvgIpc) is 2.15. The first-order valence-electron chi connectivity index (χ1n) is 5.87. The van der Waals surface area contributed by atoms with E-state index in [1.165, 1.54) is 0 Å². The predicted octanol–water partition coefficient (Wildman–Crippen LogP) is 2.78. The van der Waals surface area contributed by atoms with Crippen LogP contribution >= 0.6 is 0 Å². The Kier molecular flexibility index (Phi) is 3.95. The second kappa shape index (κ2) is 4.75. The number of benzene rings is 1. The van der Waals surface area contributed by atoms with Gasteiger partial charge in [0.05, 0.1) is 6.04 Å². The molecule has 0 saturated carbocycles. The summed E-state index contributed by atoms with van der Waals surface area (Å²) in [5.41, 5.74) is 8.42. The number of hydrogen-bond donors (Lipinski definition) is 1. The highest BCUT2D eigenvalue weighted by atomic mass is 19.1. The summed E-state index contributed by atoms with van der Waals surface area (Å²) in [6, 6.07) is 3.18. The molecular formula is C14H23FN2. The van der Waals surface area contributed by atoms with Crippen LogP contribution in [-0.4, -0.2) is 24.5 Å². The zero-order chi connectivity index (χ0) is 13.4. The summed E-state index contributed by atoms with van der Waals surface area (Å²) in [7, 11) is 3.92. The second-order valence-electron chi connectivity index (χ2n) is 5.50. The van der Waals surface area contributed by atoms with Gasteiger partial charge in [-0.2, -0.15) is 0 Å². The zero-order valence-corrected chi connectivity index (χ0v) is 11.6. The minimum atomic E-state index is -0.349. The van der Waals surface area contributed by atoms with Gasteiger partial charge in [-0.1, -0.05) is 6.07 Å². The Morgan fingerprint density at radius 3 is 2.18 bits per heavy atom. The monoisotopic (exact) mass is 238 g/mol. The summed E-state index contributed by atoms with van der Waals surface area (Å²) < 4.78 is 14.1. The molecule has 96 valence electrons. The third-order valence-electron chi connectivity index (χ3n) is 3.71. The quantitative estimate of drug-likeness (QED) is 0.877. The largest absolute Gasteiger partial charge is 0.322 e. The molecule has 0 saturated heterocycles. The van der Waals surface area contributed by atoms with Gasteiger partial charge in [-0.3, -0.25) is 0 Å². The van der Waals surface area contributed by atoms with E-state index in [0.29, 0.717) is 5.56 Å². The van der Waals surface area contributed by atoms with Gasteiger partial charge in [0, 0.05) is 11.1 Å². The summed E-state index contributed by atoms with van der Waals surface area (Å²) >= 11 is 0. The maximum Gasteiger partial charge on any atom is 0.128 e. The first-order chi connectivity index (χ1) is 7.67. The number of hydrogen-bond acceptors (Lipinski definition) is 2. The van der Waals surface area contributed by atoms with Crippen molar-refractivity contribution in [2.45, 2.75) is 39.3 Å². The van der Waals surface area contributed by atoms with Crippen LogP contribution in [-0.2, 0) is 0 Å². The van der Waals surface area contributed by atoms with E-state index in [1.54, 1.807) is 6.07 Å². The summed E-state index contributed by atoms with van der Waals surface area (Å²) in [6.45, 7) is 7.85. The third kappa shape index (κ3) is 2.67. The van der Waals surface area contributed by atoms with Gasteiger partial charge in [-0.05, 0) is 59.0 Å². The van der Waals surface area contributed by atoms with Crippen molar-refractivity contribution in [3.05, 3.63) is 34.6 Å². The summed E-state index contributed by atoms with van der Waals surface area (Å²) in [6.07, 6.45) is 0. The van der Waals surface area contributed by atoms with Crippen LogP contribution in [0, 0.1) is 19.7 Å². The molecule has 3 heteroatoms. The summed E-state index contributed by atoms with van der Waals surface area (Å²) in [5, 5.41) is 0. The number of likely N-dealkylation sites (N-methyl/N-ethyl adjacent to an activating group) is 1. The molecule has 1 aromatic carbocycles. The molecule has 0 aromatic heterocycles. The lowest BCUT2D eigenvalue weighted by Crippen LogP contribution is -2.47. The van der Waals surface area contributed by atoms with E-state index in [1.807, 2.05) is 52.8 Å². The molecule has 0 bridgehead atoms. The lowest BCUT2D eigenvalue weighted by atomic mass is 9.85. The molecule has 17 heavy (non-hydrogen) atoms. The Labute approximate surface area is 104 Å². The van der Waals surface area contributed by atoms with Crippen molar-refractivity contribution in [3.8, 4) is 0 Å². The van der Waals surface area contributed by atoms with E-state index in [9.17, 15) is 4.39 Å². The van der Waals surface area contributed by atoms with Gasteiger partial charge in [0.1, 0.15) is 5.82 Å². The SMILES string of the molecule is Cc1cc(C)c(C(N)C(C)(C)N(C)C)c(F)c1. The van der Waals surface area contributed by atoms with Gasteiger partial charge in [-0.25, -0.2) is 4.39 Å². The molecule has 0 aliphatic rings. The Morgan fingerprint density at radius 2 is 1.76 bits per heavy atom. The number of nitrogens with two attached hydrogens (primary N) is 1. The van der Waals surface area contributed by atoms with Crippen LogP contribution in [0.4, 0.5) is 4.39 Å². The molecule has 1 rings (SSSR count). The lowest BCUT2D eigenvalue weighted by molar-refractivity contribution is 0.156. The molecule has 0 aliphatic heterocycles. The van der Waals surface area contributed by atoms with Crippen molar-refractivity contribution in [3.63, 3.8) is 0 Å². The minimum Gasteiger partial charge on any atom is -0.322 e. The van der Waals surface area contributed by atoms with Crippen molar-refractivity contribution in [1.29, 1.82) is 0 Å². The molecular weight excluding hydrogens is 215 g/mol. The van der Waals surface area contributed by atoms with Crippen molar-refractivity contribution < 1.29 is 4.39 Å². The van der Waals surface area contributed by atoms with E-state index < -0.39 is 0 Å². The Bertz CT molecular complexity index is 388. The Balaban J connectivity index is 3.26. The van der Waals surface area contributed by atoms with Gasteiger partial charge in [0.25, 0.3) is 0 Å². The van der Waals surface area contributed by atoms with Gasteiger partial charge in [0.15, 0.2) is 0 Å². The second-order valence-corrected chi connectivity index (χ2v) is 5.50.